The number of aliphatic imine (C=N–C) groups is 1. The summed E-state index contributed by atoms with van der Waals surface area (Å²) in [4.78, 5) is 68.4. The van der Waals surface area contributed by atoms with Gasteiger partial charge in [0.05, 0.1) is 5.69 Å². The zero-order chi connectivity index (χ0) is 31.3. The van der Waals surface area contributed by atoms with Gasteiger partial charge in [-0.25, -0.2) is 4.99 Å². The molecule has 2 aliphatic rings. The Hall–Kier alpha value is -3.72. The number of amidine groups is 1. The number of ether oxygens (including phenoxy) is 5. The smallest absolute Gasteiger partial charge is 0.303 e. The molecule has 1 fully saturated rings. The number of thioether (sulfide) groups is 1. The fraction of sp³-hybridized carbons (Fsp3) is 0.357. The van der Waals surface area contributed by atoms with Gasteiger partial charge in [0.2, 0.25) is 0 Å². The number of hydrogen-bond donors (Lipinski definition) is 0. The van der Waals surface area contributed by atoms with E-state index in [0.29, 0.717) is 10.7 Å². The average molecular weight is 651 g/mol. The fourth-order valence-corrected chi connectivity index (χ4v) is 6.26. The van der Waals surface area contributed by atoms with Gasteiger partial charge in [0.25, 0.3) is 5.91 Å². The van der Waals surface area contributed by atoms with Gasteiger partial charge < -0.3 is 23.7 Å². The monoisotopic (exact) mass is 650 g/mol. The highest BCUT2D eigenvalue weighted by Crippen LogP contribution is 2.39. The van der Waals surface area contributed by atoms with Crippen LogP contribution in [0, 0.1) is 0 Å². The standard InChI is InChI=1S/C28H27ClN2O10S2/c1-14(32)37-13-22-23(38-15(2)33)24(39-16(3)34)25(40-17(4)35)27(41-22)43-28-30-21(12-20-6-5-11-42-20)26(36)31(28)19-9-7-18(29)8-10-19/h5-12,22-25,27H,13H2,1-4H3/b21-12-/t22-,23-,24-,25+,27-/m0/s1. The first-order valence-electron chi connectivity index (χ1n) is 12.8. The van der Waals surface area contributed by atoms with Crippen molar-refractivity contribution in [3.8, 4) is 0 Å². The number of thiophene rings is 1. The van der Waals surface area contributed by atoms with Crippen molar-refractivity contribution in [1.29, 1.82) is 0 Å². The van der Waals surface area contributed by atoms with Gasteiger partial charge in [-0.2, -0.15) is 0 Å². The van der Waals surface area contributed by atoms with Gasteiger partial charge in [-0.15, -0.1) is 11.3 Å². The van der Waals surface area contributed by atoms with E-state index in [1.807, 2.05) is 17.5 Å². The van der Waals surface area contributed by atoms with E-state index in [0.717, 1.165) is 37.4 Å². The number of carbonyl (C=O) groups excluding carboxylic acids is 5. The highest BCUT2D eigenvalue weighted by atomic mass is 35.5. The van der Waals surface area contributed by atoms with Gasteiger partial charge in [0.1, 0.15) is 18.4 Å². The van der Waals surface area contributed by atoms with Crippen LogP contribution >= 0.6 is 34.7 Å². The summed E-state index contributed by atoms with van der Waals surface area (Å²) in [5, 5.41) is 2.46. The molecule has 1 aromatic heterocycles. The van der Waals surface area contributed by atoms with E-state index < -0.39 is 59.6 Å². The van der Waals surface area contributed by atoms with E-state index in [1.54, 1.807) is 30.3 Å². The third kappa shape index (κ3) is 8.22. The van der Waals surface area contributed by atoms with Gasteiger partial charge in [0.15, 0.2) is 28.9 Å². The van der Waals surface area contributed by atoms with Crippen molar-refractivity contribution in [3.05, 3.63) is 57.4 Å². The van der Waals surface area contributed by atoms with Crippen molar-refractivity contribution in [3.63, 3.8) is 0 Å². The summed E-state index contributed by atoms with van der Waals surface area (Å²) in [6, 6.07) is 10.2. The molecule has 2 aromatic rings. The van der Waals surface area contributed by atoms with E-state index in [-0.39, 0.29) is 17.5 Å². The Morgan fingerprint density at radius 3 is 2.16 bits per heavy atom. The van der Waals surface area contributed by atoms with Crippen molar-refractivity contribution in [2.75, 3.05) is 11.5 Å². The zero-order valence-electron chi connectivity index (χ0n) is 23.4. The van der Waals surface area contributed by atoms with Crippen LogP contribution in [0.4, 0.5) is 5.69 Å². The van der Waals surface area contributed by atoms with Crippen LogP contribution in [0.5, 0.6) is 0 Å². The highest BCUT2D eigenvalue weighted by Gasteiger charge is 2.53. The van der Waals surface area contributed by atoms with Crippen LogP contribution < -0.4 is 4.90 Å². The molecule has 0 spiro atoms. The Balaban J connectivity index is 1.78. The number of nitrogens with zero attached hydrogens (tertiary/aromatic N) is 2. The van der Waals surface area contributed by atoms with E-state index in [1.165, 1.54) is 23.2 Å². The van der Waals surface area contributed by atoms with Gasteiger partial charge >= 0.3 is 23.9 Å². The van der Waals surface area contributed by atoms with Crippen molar-refractivity contribution in [1.82, 2.24) is 0 Å². The average Bonchev–Trinajstić information content (AvgIpc) is 3.54. The van der Waals surface area contributed by atoms with Gasteiger partial charge in [-0.3, -0.25) is 28.9 Å². The Morgan fingerprint density at radius 1 is 0.953 bits per heavy atom. The summed E-state index contributed by atoms with van der Waals surface area (Å²) in [7, 11) is 0. The minimum atomic E-state index is -1.36. The maximum atomic E-state index is 13.6. The molecule has 0 unspecified atom stereocenters. The van der Waals surface area contributed by atoms with Gasteiger partial charge in [-0.05, 0) is 41.8 Å². The Labute approximate surface area is 259 Å². The lowest BCUT2D eigenvalue weighted by atomic mass is 9.99. The topological polar surface area (TPSA) is 147 Å². The van der Waals surface area contributed by atoms with Crippen LogP contribution in [-0.4, -0.2) is 71.4 Å². The zero-order valence-corrected chi connectivity index (χ0v) is 25.8. The predicted octanol–water partition coefficient (Wildman–Crippen LogP) is 3.96. The molecule has 4 rings (SSSR count). The molecular formula is C28H27ClN2O10S2. The molecule has 1 saturated heterocycles. The lowest BCUT2D eigenvalue weighted by Gasteiger charge is -2.44. The normalized spacial score (nSPS) is 24.3. The molecule has 0 saturated carbocycles. The Morgan fingerprint density at radius 2 is 1.58 bits per heavy atom. The van der Waals surface area contributed by atoms with Crippen molar-refractivity contribution < 1.29 is 47.7 Å². The Kier molecular flexibility index (Phi) is 10.6. The van der Waals surface area contributed by atoms with Crippen LogP contribution in [0.25, 0.3) is 6.08 Å². The fourth-order valence-electron chi connectivity index (χ4n) is 4.29. The number of halogens is 1. The molecule has 12 nitrogen and oxygen atoms in total. The van der Waals surface area contributed by atoms with Crippen molar-refractivity contribution in [2.45, 2.75) is 57.5 Å². The molecule has 228 valence electrons. The quantitative estimate of drug-likeness (QED) is 0.232. The van der Waals surface area contributed by atoms with E-state index in [9.17, 15) is 24.0 Å². The SMILES string of the molecule is CC(=O)OC[C@@H]1O[C@@H](SC2=N/C(=C\c3cccs3)C(=O)N2c2ccc(Cl)cc2)[C@H](OC(C)=O)[C@@H](OC(C)=O)[C@H]1OC(C)=O. The van der Waals surface area contributed by atoms with Crippen LogP contribution in [0.1, 0.15) is 32.6 Å². The van der Waals surface area contributed by atoms with Gasteiger partial charge in [0, 0.05) is 37.6 Å². The molecular weight excluding hydrogens is 624 g/mol. The number of carbonyl (C=O) groups is 5. The van der Waals surface area contributed by atoms with E-state index >= 15 is 0 Å². The maximum absolute atomic E-state index is 13.6. The second kappa shape index (κ2) is 14.2. The largest absolute Gasteiger partial charge is 0.463 e. The third-order valence-corrected chi connectivity index (χ3v) is 8.07. The highest BCUT2D eigenvalue weighted by molar-refractivity contribution is 8.14. The van der Waals surface area contributed by atoms with Crippen molar-refractivity contribution in [2.24, 2.45) is 4.99 Å². The molecule has 15 heteroatoms. The lowest BCUT2D eigenvalue weighted by molar-refractivity contribution is -0.237. The number of hydrogen-bond acceptors (Lipinski definition) is 13. The molecule has 0 radical (unpaired) electrons. The molecule has 0 N–H and O–H groups in total. The summed E-state index contributed by atoms with van der Waals surface area (Å²) in [6.07, 6.45) is -3.52. The first kappa shape index (κ1) is 32.2. The second-order valence-electron chi connectivity index (χ2n) is 9.24. The summed E-state index contributed by atoms with van der Waals surface area (Å²) in [5.74, 6) is -3.32. The summed E-state index contributed by atoms with van der Waals surface area (Å²) in [6.45, 7) is 4.23. The molecule has 43 heavy (non-hydrogen) atoms. The van der Waals surface area contributed by atoms with Crippen LogP contribution in [0.2, 0.25) is 5.02 Å². The number of esters is 4. The molecule has 3 heterocycles. The minimum Gasteiger partial charge on any atom is -0.463 e. The van der Waals surface area contributed by atoms with E-state index in [2.05, 4.69) is 4.99 Å². The lowest BCUT2D eigenvalue weighted by Crippen LogP contribution is -2.61. The molecule has 0 bridgehead atoms. The predicted molar refractivity (Wildman–Crippen MR) is 158 cm³/mol. The van der Waals surface area contributed by atoms with Crippen LogP contribution in [0.15, 0.2) is 52.5 Å². The maximum Gasteiger partial charge on any atom is 0.303 e. The number of anilines is 1. The Bertz CT molecular complexity index is 1440. The summed E-state index contributed by atoms with van der Waals surface area (Å²) < 4.78 is 27.8. The molecule has 2 aliphatic heterocycles. The number of amides is 1. The van der Waals surface area contributed by atoms with Gasteiger partial charge in [-0.1, -0.05) is 29.4 Å². The summed E-state index contributed by atoms with van der Waals surface area (Å²) >= 11 is 8.41. The minimum absolute atomic E-state index is 0.130. The first-order valence-corrected chi connectivity index (χ1v) is 15.0. The molecule has 0 aliphatic carbocycles. The number of benzene rings is 1. The van der Waals surface area contributed by atoms with E-state index in [4.69, 9.17) is 35.3 Å². The van der Waals surface area contributed by atoms with Crippen LogP contribution in [0.3, 0.4) is 0 Å². The molecule has 5 atom stereocenters. The first-order chi connectivity index (χ1) is 20.4. The molecule has 1 aromatic carbocycles. The van der Waals surface area contributed by atoms with Crippen molar-refractivity contribution >= 4 is 81.4 Å². The number of rotatable bonds is 8. The van der Waals surface area contributed by atoms with Crippen LogP contribution in [-0.2, 0) is 47.7 Å². The second-order valence-corrected chi connectivity index (χ2v) is 11.7. The summed E-state index contributed by atoms with van der Waals surface area (Å²) in [5.41, 5.74) is -0.602. The molecule has 1 amide bonds. The third-order valence-electron chi connectivity index (χ3n) is 5.91.